The first kappa shape index (κ1) is 13.2. The average Bonchev–Trinajstić information content (AvgIpc) is 3.10. The largest absolute Gasteiger partial charge is 0.467 e. The Kier molecular flexibility index (Phi) is 3.73. The van der Waals surface area contributed by atoms with Crippen molar-refractivity contribution in [3.8, 4) is 0 Å². The predicted octanol–water partition coefficient (Wildman–Crippen LogP) is 0.487. The molecule has 0 N–H and O–H groups in total. The maximum Gasteiger partial charge on any atom is 0.228 e. The fraction of sp³-hybridized carbons (Fsp3) is 0.571. The number of hydrogen-bond acceptors (Lipinski definition) is 4. The highest BCUT2D eigenvalue weighted by Crippen LogP contribution is 2.22. The second-order valence-corrected chi connectivity index (χ2v) is 5.19. The van der Waals surface area contributed by atoms with Gasteiger partial charge < -0.3 is 19.0 Å². The fourth-order valence-corrected chi connectivity index (χ4v) is 2.72. The van der Waals surface area contributed by atoms with Gasteiger partial charge in [0, 0.05) is 26.1 Å². The van der Waals surface area contributed by atoms with E-state index in [1.807, 2.05) is 6.07 Å². The number of morpholine rings is 1. The zero-order valence-electron chi connectivity index (χ0n) is 11.3. The van der Waals surface area contributed by atoms with Gasteiger partial charge in [-0.25, -0.2) is 0 Å². The van der Waals surface area contributed by atoms with Crippen molar-refractivity contribution in [3.63, 3.8) is 0 Å². The number of carbonyl (C=O) groups excluding carboxylic acids is 2. The van der Waals surface area contributed by atoms with Gasteiger partial charge >= 0.3 is 0 Å². The molecule has 20 heavy (non-hydrogen) atoms. The van der Waals surface area contributed by atoms with Crippen LogP contribution in [-0.2, 0) is 20.9 Å². The normalized spacial score (nSPS) is 23.4. The molecule has 2 amide bonds. The Morgan fingerprint density at radius 3 is 2.85 bits per heavy atom. The van der Waals surface area contributed by atoms with E-state index >= 15 is 0 Å². The van der Waals surface area contributed by atoms with E-state index in [9.17, 15) is 9.59 Å². The molecule has 108 valence electrons. The Hall–Kier alpha value is -1.82. The van der Waals surface area contributed by atoms with E-state index in [4.69, 9.17) is 9.15 Å². The smallest absolute Gasteiger partial charge is 0.228 e. The minimum Gasteiger partial charge on any atom is -0.467 e. The van der Waals surface area contributed by atoms with Crippen LogP contribution in [0, 0.1) is 5.92 Å². The Morgan fingerprint density at radius 2 is 2.15 bits per heavy atom. The van der Waals surface area contributed by atoms with Crippen LogP contribution < -0.4 is 0 Å². The Bertz CT molecular complexity index is 479. The van der Waals surface area contributed by atoms with E-state index in [1.165, 1.54) is 0 Å². The third-order valence-electron chi connectivity index (χ3n) is 3.81. The van der Waals surface area contributed by atoms with Crippen molar-refractivity contribution in [2.45, 2.75) is 13.0 Å². The molecule has 1 atom stereocenters. The first-order chi connectivity index (χ1) is 9.74. The van der Waals surface area contributed by atoms with E-state index in [-0.39, 0.29) is 17.7 Å². The van der Waals surface area contributed by atoms with Gasteiger partial charge in [0.2, 0.25) is 11.8 Å². The first-order valence-corrected chi connectivity index (χ1v) is 6.91. The zero-order valence-corrected chi connectivity index (χ0v) is 11.3. The lowest BCUT2D eigenvalue weighted by atomic mass is 10.1. The first-order valence-electron chi connectivity index (χ1n) is 6.91. The van der Waals surface area contributed by atoms with Gasteiger partial charge in [-0.15, -0.1) is 0 Å². The van der Waals surface area contributed by atoms with Gasteiger partial charge in [0.25, 0.3) is 0 Å². The molecule has 6 heteroatoms. The number of likely N-dealkylation sites (tertiary alicyclic amines) is 1. The van der Waals surface area contributed by atoms with Gasteiger partial charge in [-0.3, -0.25) is 9.59 Å². The van der Waals surface area contributed by atoms with Crippen LogP contribution in [0.3, 0.4) is 0 Å². The van der Waals surface area contributed by atoms with Crippen LogP contribution in [-0.4, -0.2) is 54.5 Å². The Balaban J connectivity index is 1.59. The van der Waals surface area contributed by atoms with Crippen LogP contribution in [0.5, 0.6) is 0 Å². The maximum atomic E-state index is 12.4. The number of nitrogens with zero attached hydrogens (tertiary/aromatic N) is 2. The summed E-state index contributed by atoms with van der Waals surface area (Å²) in [6.07, 6.45) is 1.89. The van der Waals surface area contributed by atoms with Crippen molar-refractivity contribution < 1.29 is 18.7 Å². The van der Waals surface area contributed by atoms with Crippen molar-refractivity contribution in [1.29, 1.82) is 0 Å². The van der Waals surface area contributed by atoms with Crippen LogP contribution in [0.15, 0.2) is 22.8 Å². The highest BCUT2D eigenvalue weighted by molar-refractivity contribution is 5.89. The van der Waals surface area contributed by atoms with E-state index in [1.54, 1.807) is 22.1 Å². The Morgan fingerprint density at radius 1 is 1.35 bits per heavy atom. The quantitative estimate of drug-likeness (QED) is 0.807. The minimum atomic E-state index is -0.226. The molecule has 0 radical (unpaired) electrons. The lowest BCUT2D eigenvalue weighted by Gasteiger charge is -2.29. The van der Waals surface area contributed by atoms with Gasteiger partial charge in [-0.1, -0.05) is 0 Å². The standard InChI is InChI=1S/C14H18N2O4/c17-13-8-11(14(18)15-3-6-19-7-4-15)9-16(13)10-12-2-1-5-20-12/h1-2,5,11H,3-4,6-10H2/t11-/m0/s1. The molecule has 0 aliphatic carbocycles. The third-order valence-corrected chi connectivity index (χ3v) is 3.81. The number of amides is 2. The summed E-state index contributed by atoms with van der Waals surface area (Å²) in [4.78, 5) is 27.8. The van der Waals surface area contributed by atoms with Crippen molar-refractivity contribution >= 4 is 11.8 Å². The minimum absolute atomic E-state index is 0.0213. The van der Waals surface area contributed by atoms with Gasteiger partial charge in [-0.05, 0) is 12.1 Å². The highest BCUT2D eigenvalue weighted by atomic mass is 16.5. The SMILES string of the molecule is O=C1C[C@H](C(=O)N2CCOCC2)CN1Cc1ccco1. The van der Waals surface area contributed by atoms with Crippen LogP contribution in [0.1, 0.15) is 12.2 Å². The van der Waals surface area contributed by atoms with Gasteiger partial charge in [0.15, 0.2) is 0 Å². The molecule has 0 spiro atoms. The molecule has 2 aliphatic heterocycles. The molecule has 0 saturated carbocycles. The van der Waals surface area contributed by atoms with E-state index in [0.29, 0.717) is 45.8 Å². The summed E-state index contributed by atoms with van der Waals surface area (Å²) in [5.74, 6) is 0.616. The fourth-order valence-electron chi connectivity index (χ4n) is 2.72. The molecular weight excluding hydrogens is 260 g/mol. The van der Waals surface area contributed by atoms with Crippen molar-refractivity contribution in [2.75, 3.05) is 32.8 Å². The lowest BCUT2D eigenvalue weighted by molar-refractivity contribution is -0.139. The van der Waals surface area contributed by atoms with Gasteiger partial charge in [0.1, 0.15) is 5.76 Å². The molecule has 1 aromatic heterocycles. The van der Waals surface area contributed by atoms with E-state index in [2.05, 4.69) is 0 Å². The highest BCUT2D eigenvalue weighted by Gasteiger charge is 2.37. The number of ether oxygens (including phenoxy) is 1. The molecule has 0 unspecified atom stereocenters. The van der Waals surface area contributed by atoms with Crippen molar-refractivity contribution in [2.24, 2.45) is 5.92 Å². The molecule has 3 rings (SSSR count). The summed E-state index contributed by atoms with van der Waals surface area (Å²) in [5.41, 5.74) is 0. The van der Waals surface area contributed by atoms with E-state index < -0.39 is 0 Å². The molecule has 2 saturated heterocycles. The third kappa shape index (κ3) is 2.70. The summed E-state index contributed by atoms with van der Waals surface area (Å²) < 4.78 is 10.5. The topological polar surface area (TPSA) is 63.0 Å². The Labute approximate surface area is 117 Å². The van der Waals surface area contributed by atoms with Crippen LogP contribution >= 0.6 is 0 Å². The second kappa shape index (κ2) is 5.66. The molecular formula is C14H18N2O4. The summed E-state index contributed by atoms with van der Waals surface area (Å²) in [7, 11) is 0. The molecule has 2 fully saturated rings. The summed E-state index contributed by atoms with van der Waals surface area (Å²) >= 11 is 0. The molecule has 1 aromatic rings. The molecule has 3 heterocycles. The van der Waals surface area contributed by atoms with Crippen molar-refractivity contribution in [1.82, 2.24) is 9.80 Å². The van der Waals surface area contributed by atoms with Crippen LogP contribution in [0.25, 0.3) is 0 Å². The summed E-state index contributed by atoms with van der Waals surface area (Å²) in [6.45, 7) is 3.35. The number of carbonyl (C=O) groups is 2. The zero-order chi connectivity index (χ0) is 13.9. The predicted molar refractivity (Wildman–Crippen MR) is 69.6 cm³/mol. The number of furan rings is 1. The second-order valence-electron chi connectivity index (χ2n) is 5.19. The summed E-state index contributed by atoms with van der Waals surface area (Å²) in [6, 6.07) is 3.64. The number of hydrogen-bond donors (Lipinski definition) is 0. The lowest BCUT2D eigenvalue weighted by Crippen LogP contribution is -2.44. The van der Waals surface area contributed by atoms with Gasteiger partial charge in [0.05, 0.1) is 31.9 Å². The molecule has 0 aromatic carbocycles. The average molecular weight is 278 g/mol. The van der Waals surface area contributed by atoms with Crippen LogP contribution in [0.4, 0.5) is 0 Å². The van der Waals surface area contributed by atoms with Gasteiger partial charge in [-0.2, -0.15) is 0 Å². The summed E-state index contributed by atoms with van der Waals surface area (Å²) in [5, 5.41) is 0. The maximum absolute atomic E-state index is 12.4. The van der Waals surface area contributed by atoms with Crippen LogP contribution in [0.2, 0.25) is 0 Å². The molecule has 0 bridgehead atoms. The monoisotopic (exact) mass is 278 g/mol. The molecule has 6 nitrogen and oxygen atoms in total. The van der Waals surface area contributed by atoms with E-state index in [0.717, 1.165) is 5.76 Å². The number of rotatable bonds is 3. The molecule has 2 aliphatic rings. The van der Waals surface area contributed by atoms with Crippen molar-refractivity contribution in [3.05, 3.63) is 24.2 Å².